The van der Waals surface area contributed by atoms with Crippen LogP contribution in [-0.2, 0) is 4.79 Å². The first-order valence-corrected chi connectivity index (χ1v) is 8.60. The second kappa shape index (κ2) is 17.7. The van der Waals surface area contributed by atoms with E-state index in [1.54, 1.807) is 0 Å². The van der Waals surface area contributed by atoms with Gasteiger partial charge in [-0.1, -0.05) is 55.7 Å². The number of unbranched alkanes of at least 4 members (excludes halogenated alkanes) is 5. The van der Waals surface area contributed by atoms with Crippen molar-refractivity contribution in [2.75, 3.05) is 13.2 Å². The van der Waals surface area contributed by atoms with Crippen molar-refractivity contribution < 1.29 is 9.90 Å². The van der Waals surface area contributed by atoms with Crippen LogP contribution in [0.5, 0.6) is 0 Å². The largest absolute Gasteiger partial charge is 0.395 e. The minimum absolute atomic E-state index is 0.0187. The van der Waals surface area contributed by atoms with Gasteiger partial charge in [0.05, 0.1) is 6.61 Å². The lowest BCUT2D eigenvalue weighted by atomic mass is 10.1. The van der Waals surface area contributed by atoms with Crippen LogP contribution in [0.1, 0.15) is 64.7 Å². The molecule has 0 aromatic rings. The molecule has 0 bridgehead atoms. The maximum Gasteiger partial charge on any atom is 0.220 e. The molecule has 0 radical (unpaired) electrons. The molecule has 0 aliphatic carbocycles. The quantitative estimate of drug-likeness (QED) is 0.371. The first kappa shape index (κ1) is 20.6. The van der Waals surface area contributed by atoms with Gasteiger partial charge in [-0.3, -0.25) is 4.79 Å². The molecule has 0 fully saturated rings. The van der Waals surface area contributed by atoms with Crippen LogP contribution in [0.3, 0.4) is 0 Å². The van der Waals surface area contributed by atoms with Crippen molar-refractivity contribution in [1.29, 1.82) is 0 Å². The standard InChI is InChI=1S/C19H33NO2/c1-2-3-4-5-6-7-8-9-10-11-12-13-14-15-16-19(22)20-17-18-21/h2-3,5-6,8-9,21H,4,7,10-18H2,1H3,(H,20,22). The second-order valence-corrected chi connectivity index (χ2v) is 5.36. The van der Waals surface area contributed by atoms with Crippen molar-refractivity contribution in [3.63, 3.8) is 0 Å². The highest BCUT2D eigenvalue weighted by Gasteiger charge is 1.99. The zero-order chi connectivity index (χ0) is 16.3. The number of rotatable bonds is 14. The van der Waals surface area contributed by atoms with E-state index in [9.17, 15) is 4.79 Å². The summed E-state index contributed by atoms with van der Waals surface area (Å²) in [4.78, 5) is 11.3. The molecule has 2 N–H and O–H groups in total. The Morgan fingerprint density at radius 2 is 1.55 bits per heavy atom. The van der Waals surface area contributed by atoms with Crippen molar-refractivity contribution in [2.24, 2.45) is 0 Å². The molecule has 1 amide bonds. The van der Waals surface area contributed by atoms with Gasteiger partial charge in [-0.05, 0) is 39.0 Å². The number of aliphatic hydroxyl groups is 1. The Bertz CT molecular complexity index is 332. The van der Waals surface area contributed by atoms with Crippen molar-refractivity contribution in [2.45, 2.75) is 64.7 Å². The molecular weight excluding hydrogens is 274 g/mol. The maximum atomic E-state index is 11.3. The summed E-state index contributed by atoms with van der Waals surface area (Å²) in [5.41, 5.74) is 0. The fourth-order valence-corrected chi connectivity index (χ4v) is 2.06. The van der Waals surface area contributed by atoms with E-state index in [2.05, 4.69) is 41.8 Å². The van der Waals surface area contributed by atoms with Crippen LogP contribution in [0.15, 0.2) is 36.5 Å². The van der Waals surface area contributed by atoms with Crippen LogP contribution in [0.4, 0.5) is 0 Å². The zero-order valence-electron chi connectivity index (χ0n) is 14.1. The van der Waals surface area contributed by atoms with E-state index in [-0.39, 0.29) is 12.5 Å². The number of carbonyl (C=O) groups excluding carboxylic acids is 1. The lowest BCUT2D eigenvalue weighted by Crippen LogP contribution is -2.25. The minimum atomic E-state index is 0.0187. The van der Waals surface area contributed by atoms with Gasteiger partial charge in [0.2, 0.25) is 5.91 Å². The van der Waals surface area contributed by atoms with Crippen molar-refractivity contribution in [1.82, 2.24) is 5.32 Å². The summed E-state index contributed by atoms with van der Waals surface area (Å²) in [7, 11) is 0. The van der Waals surface area contributed by atoms with Crippen LogP contribution in [0.2, 0.25) is 0 Å². The lowest BCUT2D eigenvalue weighted by molar-refractivity contribution is -0.121. The smallest absolute Gasteiger partial charge is 0.220 e. The molecule has 0 aliphatic rings. The molecule has 0 rings (SSSR count). The topological polar surface area (TPSA) is 49.3 Å². The van der Waals surface area contributed by atoms with Gasteiger partial charge < -0.3 is 10.4 Å². The van der Waals surface area contributed by atoms with E-state index in [4.69, 9.17) is 5.11 Å². The van der Waals surface area contributed by atoms with Crippen molar-refractivity contribution in [3.05, 3.63) is 36.5 Å². The highest BCUT2D eigenvalue weighted by Crippen LogP contribution is 2.07. The minimum Gasteiger partial charge on any atom is -0.395 e. The molecule has 0 aromatic carbocycles. The number of nitrogens with one attached hydrogen (secondary N) is 1. The first-order valence-electron chi connectivity index (χ1n) is 8.60. The van der Waals surface area contributed by atoms with Crippen LogP contribution in [0, 0.1) is 0 Å². The summed E-state index contributed by atoms with van der Waals surface area (Å²) in [6.07, 6.45) is 22.6. The summed E-state index contributed by atoms with van der Waals surface area (Å²) < 4.78 is 0. The third kappa shape index (κ3) is 16.7. The molecule has 0 atom stereocenters. The van der Waals surface area contributed by atoms with E-state index in [0.29, 0.717) is 13.0 Å². The van der Waals surface area contributed by atoms with Crippen LogP contribution < -0.4 is 5.32 Å². The van der Waals surface area contributed by atoms with Crippen molar-refractivity contribution >= 4 is 5.91 Å². The monoisotopic (exact) mass is 307 g/mol. The van der Waals surface area contributed by atoms with Crippen LogP contribution >= 0.6 is 0 Å². The van der Waals surface area contributed by atoms with E-state index in [1.165, 1.54) is 19.3 Å². The van der Waals surface area contributed by atoms with Crippen LogP contribution in [0.25, 0.3) is 0 Å². The summed E-state index contributed by atoms with van der Waals surface area (Å²) in [5.74, 6) is 0.0551. The molecule has 0 heterocycles. The van der Waals surface area contributed by atoms with Gasteiger partial charge in [-0.15, -0.1) is 0 Å². The average molecular weight is 307 g/mol. The molecule has 0 spiro atoms. The maximum absolute atomic E-state index is 11.3. The van der Waals surface area contributed by atoms with E-state index in [0.717, 1.165) is 32.1 Å². The molecule has 0 saturated heterocycles. The normalized spacial score (nSPS) is 11.9. The number of hydrogen-bond acceptors (Lipinski definition) is 2. The molecule has 0 aromatic heterocycles. The Labute approximate surface area is 136 Å². The summed E-state index contributed by atoms with van der Waals surface area (Å²) in [6.45, 7) is 2.43. The molecular formula is C19H33NO2. The van der Waals surface area contributed by atoms with Gasteiger partial charge in [0, 0.05) is 13.0 Å². The zero-order valence-corrected chi connectivity index (χ0v) is 14.1. The molecule has 0 unspecified atom stereocenters. The molecule has 0 saturated carbocycles. The number of carbonyl (C=O) groups is 1. The predicted molar refractivity (Wildman–Crippen MR) is 94.7 cm³/mol. The fraction of sp³-hybridized carbons (Fsp3) is 0.632. The third-order valence-electron chi connectivity index (χ3n) is 3.32. The highest BCUT2D eigenvalue weighted by atomic mass is 16.3. The Balaban J connectivity index is 3.26. The predicted octanol–water partition coefficient (Wildman–Crippen LogP) is 4.29. The summed E-state index contributed by atoms with van der Waals surface area (Å²) in [5, 5.41) is 11.3. The second-order valence-electron chi connectivity index (χ2n) is 5.36. The van der Waals surface area contributed by atoms with Gasteiger partial charge in [-0.2, -0.15) is 0 Å². The molecule has 22 heavy (non-hydrogen) atoms. The number of aliphatic hydroxyl groups excluding tert-OH is 1. The third-order valence-corrected chi connectivity index (χ3v) is 3.32. The molecule has 3 nitrogen and oxygen atoms in total. The van der Waals surface area contributed by atoms with Gasteiger partial charge in [0.25, 0.3) is 0 Å². The number of allylic oxidation sites excluding steroid dienone is 6. The van der Waals surface area contributed by atoms with E-state index in [1.807, 2.05) is 6.92 Å². The van der Waals surface area contributed by atoms with Gasteiger partial charge >= 0.3 is 0 Å². The summed E-state index contributed by atoms with van der Waals surface area (Å²) >= 11 is 0. The molecule has 126 valence electrons. The van der Waals surface area contributed by atoms with Gasteiger partial charge in [-0.25, -0.2) is 0 Å². The first-order chi connectivity index (χ1) is 10.8. The van der Waals surface area contributed by atoms with E-state index < -0.39 is 0 Å². The number of amides is 1. The van der Waals surface area contributed by atoms with Crippen LogP contribution in [-0.4, -0.2) is 24.2 Å². The van der Waals surface area contributed by atoms with Crippen molar-refractivity contribution in [3.8, 4) is 0 Å². The summed E-state index contributed by atoms with van der Waals surface area (Å²) in [6, 6.07) is 0. The van der Waals surface area contributed by atoms with E-state index >= 15 is 0 Å². The average Bonchev–Trinajstić information content (AvgIpc) is 2.53. The Kier molecular flexibility index (Phi) is 16.6. The Hall–Kier alpha value is -1.35. The van der Waals surface area contributed by atoms with Gasteiger partial charge in [0.1, 0.15) is 0 Å². The highest BCUT2D eigenvalue weighted by molar-refractivity contribution is 5.75. The Morgan fingerprint density at radius 1 is 0.909 bits per heavy atom. The Morgan fingerprint density at radius 3 is 2.27 bits per heavy atom. The van der Waals surface area contributed by atoms with Gasteiger partial charge in [0.15, 0.2) is 0 Å². The number of hydrogen-bond donors (Lipinski definition) is 2. The molecule has 3 heteroatoms. The fourth-order valence-electron chi connectivity index (χ4n) is 2.06. The SMILES string of the molecule is CC=CCC=CCC=CCCCCCCCC(=O)NCCO. The molecule has 0 aliphatic heterocycles. The lowest BCUT2D eigenvalue weighted by Gasteiger charge is -2.03.